The van der Waals surface area contributed by atoms with Crippen molar-refractivity contribution in [2.45, 2.75) is 25.3 Å². The van der Waals surface area contributed by atoms with Crippen LogP contribution in [0.1, 0.15) is 42.0 Å². The molecule has 1 fully saturated rings. The standard InChI is InChI=1S/C22H24F2N2O2/c1-2-28-22(27)26-11-9-25(10-12-26)21-14-19(15-3-5-16(23)6-4-15)18-8-7-17(24)13-20(18)21/h3-8,13,19,21H,2,9-12,14H2,1H3. The van der Waals surface area contributed by atoms with E-state index in [9.17, 15) is 13.6 Å². The molecule has 4 rings (SSSR count). The topological polar surface area (TPSA) is 32.8 Å². The quantitative estimate of drug-likeness (QED) is 0.788. The van der Waals surface area contributed by atoms with E-state index in [1.807, 2.05) is 18.2 Å². The molecule has 2 unspecified atom stereocenters. The maximum absolute atomic E-state index is 14.0. The average molecular weight is 386 g/mol. The van der Waals surface area contributed by atoms with Crippen LogP contribution < -0.4 is 0 Å². The molecule has 2 aromatic rings. The Balaban J connectivity index is 1.55. The molecule has 2 atom stereocenters. The van der Waals surface area contributed by atoms with Gasteiger partial charge in [0.05, 0.1) is 6.61 Å². The molecule has 1 aliphatic heterocycles. The Morgan fingerprint density at radius 2 is 1.68 bits per heavy atom. The molecule has 1 amide bonds. The van der Waals surface area contributed by atoms with Gasteiger partial charge in [-0.15, -0.1) is 0 Å². The Bertz CT molecular complexity index is 848. The third kappa shape index (κ3) is 3.61. The van der Waals surface area contributed by atoms with Gasteiger partial charge < -0.3 is 9.64 Å². The summed E-state index contributed by atoms with van der Waals surface area (Å²) in [4.78, 5) is 16.0. The SMILES string of the molecule is CCOC(=O)N1CCN(C2CC(c3ccc(F)cc3)c3ccc(F)cc32)CC1. The maximum atomic E-state index is 14.0. The lowest BCUT2D eigenvalue weighted by molar-refractivity contribution is 0.0654. The lowest BCUT2D eigenvalue weighted by Crippen LogP contribution is -2.49. The molecule has 0 aromatic heterocycles. The Kier molecular flexibility index (Phi) is 5.31. The van der Waals surface area contributed by atoms with Crippen LogP contribution in [0.15, 0.2) is 42.5 Å². The minimum Gasteiger partial charge on any atom is -0.450 e. The first kappa shape index (κ1) is 18.9. The second-order valence-corrected chi connectivity index (χ2v) is 7.35. The highest BCUT2D eigenvalue weighted by Gasteiger charge is 2.37. The maximum Gasteiger partial charge on any atom is 0.409 e. The smallest absolute Gasteiger partial charge is 0.409 e. The van der Waals surface area contributed by atoms with E-state index < -0.39 is 0 Å². The van der Waals surface area contributed by atoms with Crippen molar-refractivity contribution < 1.29 is 18.3 Å². The molecule has 1 heterocycles. The van der Waals surface area contributed by atoms with Crippen LogP contribution in [0.4, 0.5) is 13.6 Å². The van der Waals surface area contributed by atoms with Crippen molar-refractivity contribution in [3.63, 3.8) is 0 Å². The van der Waals surface area contributed by atoms with Crippen LogP contribution in [0.25, 0.3) is 0 Å². The van der Waals surface area contributed by atoms with Gasteiger partial charge in [0.15, 0.2) is 0 Å². The number of carbonyl (C=O) groups excluding carboxylic acids is 1. The van der Waals surface area contributed by atoms with Crippen molar-refractivity contribution in [3.05, 3.63) is 70.8 Å². The molecule has 0 saturated carbocycles. The monoisotopic (exact) mass is 386 g/mol. The number of ether oxygens (including phenoxy) is 1. The first-order valence-corrected chi connectivity index (χ1v) is 9.77. The van der Waals surface area contributed by atoms with Crippen LogP contribution in [0.2, 0.25) is 0 Å². The summed E-state index contributed by atoms with van der Waals surface area (Å²) in [5, 5.41) is 0. The summed E-state index contributed by atoms with van der Waals surface area (Å²) >= 11 is 0. The van der Waals surface area contributed by atoms with Gasteiger partial charge in [0.25, 0.3) is 0 Å². The van der Waals surface area contributed by atoms with Crippen LogP contribution in [0.3, 0.4) is 0 Å². The predicted molar refractivity (Wildman–Crippen MR) is 102 cm³/mol. The summed E-state index contributed by atoms with van der Waals surface area (Å²) in [5.74, 6) is -0.384. The molecular formula is C22H24F2N2O2. The third-order valence-electron chi connectivity index (χ3n) is 5.80. The Morgan fingerprint density at radius 1 is 1.00 bits per heavy atom. The normalized spacial score (nSPS) is 22.2. The van der Waals surface area contributed by atoms with E-state index in [0.29, 0.717) is 19.7 Å². The minimum atomic E-state index is -0.274. The van der Waals surface area contributed by atoms with Gasteiger partial charge in [-0.05, 0) is 54.3 Å². The van der Waals surface area contributed by atoms with Crippen molar-refractivity contribution in [1.29, 1.82) is 0 Å². The summed E-state index contributed by atoms with van der Waals surface area (Å²) in [7, 11) is 0. The number of benzene rings is 2. The first-order chi connectivity index (χ1) is 13.6. The van der Waals surface area contributed by atoms with E-state index in [-0.39, 0.29) is 29.7 Å². The fourth-order valence-electron chi connectivity index (χ4n) is 4.42. The van der Waals surface area contributed by atoms with Crippen molar-refractivity contribution in [3.8, 4) is 0 Å². The largest absolute Gasteiger partial charge is 0.450 e. The summed E-state index contributed by atoms with van der Waals surface area (Å²) in [6.07, 6.45) is 0.549. The molecule has 0 bridgehead atoms. The third-order valence-corrected chi connectivity index (χ3v) is 5.80. The Hall–Kier alpha value is -2.47. The predicted octanol–water partition coefficient (Wildman–Crippen LogP) is 4.32. The molecule has 1 saturated heterocycles. The number of fused-ring (bicyclic) bond motifs is 1. The Labute approximate surface area is 163 Å². The van der Waals surface area contributed by atoms with E-state index in [1.54, 1.807) is 17.9 Å². The van der Waals surface area contributed by atoms with Crippen molar-refractivity contribution in [2.24, 2.45) is 0 Å². The van der Waals surface area contributed by atoms with E-state index in [0.717, 1.165) is 36.2 Å². The highest BCUT2D eigenvalue weighted by molar-refractivity contribution is 5.67. The zero-order valence-corrected chi connectivity index (χ0v) is 15.9. The fourth-order valence-corrected chi connectivity index (χ4v) is 4.42. The van der Waals surface area contributed by atoms with Gasteiger partial charge in [0, 0.05) is 38.1 Å². The van der Waals surface area contributed by atoms with E-state index >= 15 is 0 Å². The summed E-state index contributed by atoms with van der Waals surface area (Å²) in [6.45, 7) is 4.80. The number of nitrogens with zero attached hydrogens (tertiary/aromatic N) is 2. The number of carbonyl (C=O) groups is 1. The number of rotatable bonds is 3. The van der Waals surface area contributed by atoms with Gasteiger partial charge in [-0.2, -0.15) is 0 Å². The summed E-state index contributed by atoms with van der Waals surface area (Å²) in [6, 6.07) is 11.6. The molecule has 4 nitrogen and oxygen atoms in total. The van der Waals surface area contributed by atoms with Crippen LogP contribution in [0, 0.1) is 11.6 Å². The number of halogens is 2. The highest BCUT2D eigenvalue weighted by atomic mass is 19.1. The number of amides is 1. The van der Waals surface area contributed by atoms with E-state index in [1.165, 1.54) is 18.2 Å². The summed E-state index contributed by atoms with van der Waals surface area (Å²) < 4.78 is 32.4. The molecule has 148 valence electrons. The first-order valence-electron chi connectivity index (χ1n) is 9.77. The van der Waals surface area contributed by atoms with Gasteiger partial charge >= 0.3 is 6.09 Å². The molecular weight excluding hydrogens is 362 g/mol. The zero-order chi connectivity index (χ0) is 19.7. The van der Waals surface area contributed by atoms with E-state index in [2.05, 4.69) is 4.90 Å². The molecule has 6 heteroatoms. The lowest BCUT2D eigenvalue weighted by atomic mass is 9.93. The zero-order valence-electron chi connectivity index (χ0n) is 15.9. The van der Waals surface area contributed by atoms with Crippen LogP contribution in [0.5, 0.6) is 0 Å². The minimum absolute atomic E-state index is 0.0881. The number of hydrogen-bond donors (Lipinski definition) is 0. The van der Waals surface area contributed by atoms with Crippen LogP contribution in [-0.2, 0) is 4.74 Å². The second kappa shape index (κ2) is 7.87. The van der Waals surface area contributed by atoms with Crippen molar-refractivity contribution >= 4 is 6.09 Å². The van der Waals surface area contributed by atoms with Crippen molar-refractivity contribution in [1.82, 2.24) is 9.80 Å². The number of piperazine rings is 1. The van der Waals surface area contributed by atoms with Crippen LogP contribution >= 0.6 is 0 Å². The molecule has 1 aliphatic carbocycles. The van der Waals surface area contributed by atoms with Gasteiger partial charge in [-0.3, -0.25) is 4.90 Å². The molecule has 0 N–H and O–H groups in total. The molecule has 0 radical (unpaired) electrons. The lowest BCUT2D eigenvalue weighted by Gasteiger charge is -2.38. The second-order valence-electron chi connectivity index (χ2n) is 7.35. The Morgan fingerprint density at radius 3 is 2.36 bits per heavy atom. The number of hydrogen-bond acceptors (Lipinski definition) is 3. The van der Waals surface area contributed by atoms with Gasteiger partial charge in [0.2, 0.25) is 0 Å². The fraction of sp³-hybridized carbons (Fsp3) is 0.409. The molecule has 2 aliphatic rings. The average Bonchev–Trinajstić information content (AvgIpc) is 3.07. The van der Waals surface area contributed by atoms with E-state index in [4.69, 9.17) is 4.74 Å². The molecule has 0 spiro atoms. The van der Waals surface area contributed by atoms with Crippen LogP contribution in [-0.4, -0.2) is 48.7 Å². The van der Waals surface area contributed by atoms with Gasteiger partial charge in [-0.1, -0.05) is 18.2 Å². The molecule has 2 aromatic carbocycles. The van der Waals surface area contributed by atoms with Gasteiger partial charge in [0.1, 0.15) is 11.6 Å². The summed E-state index contributed by atoms with van der Waals surface area (Å²) in [5.41, 5.74) is 3.15. The molecule has 28 heavy (non-hydrogen) atoms. The van der Waals surface area contributed by atoms with Crippen molar-refractivity contribution in [2.75, 3.05) is 32.8 Å². The van der Waals surface area contributed by atoms with Gasteiger partial charge in [-0.25, -0.2) is 13.6 Å². The highest BCUT2D eigenvalue weighted by Crippen LogP contribution is 2.47.